The first-order chi connectivity index (χ1) is 13.9. The van der Waals surface area contributed by atoms with Gasteiger partial charge in [0.1, 0.15) is 5.82 Å². The highest BCUT2D eigenvalue weighted by atomic mass is 32.2. The molecule has 2 aromatic carbocycles. The number of ether oxygens (including phenoxy) is 1. The Hall–Kier alpha value is -2.55. The van der Waals surface area contributed by atoms with Crippen LogP contribution in [0, 0.1) is 12.7 Å². The lowest BCUT2D eigenvalue weighted by Crippen LogP contribution is -2.40. The van der Waals surface area contributed by atoms with Crippen LogP contribution >= 0.6 is 0 Å². The summed E-state index contributed by atoms with van der Waals surface area (Å²) < 4.78 is 45.1. The highest BCUT2D eigenvalue weighted by Crippen LogP contribution is 2.18. The molecule has 0 aromatic heterocycles. The summed E-state index contributed by atoms with van der Waals surface area (Å²) >= 11 is 0. The van der Waals surface area contributed by atoms with Gasteiger partial charge in [-0.15, -0.1) is 0 Å². The van der Waals surface area contributed by atoms with E-state index in [0.29, 0.717) is 44.0 Å². The lowest BCUT2D eigenvalue weighted by molar-refractivity contribution is -0.116. The van der Waals surface area contributed by atoms with Gasteiger partial charge in [-0.3, -0.25) is 4.79 Å². The highest BCUT2D eigenvalue weighted by Gasteiger charge is 2.25. The maximum atomic E-state index is 13.3. The van der Waals surface area contributed by atoms with Gasteiger partial charge in [-0.25, -0.2) is 12.8 Å². The molecule has 3 rings (SSSR count). The van der Waals surface area contributed by atoms with Gasteiger partial charge in [0.2, 0.25) is 15.9 Å². The van der Waals surface area contributed by atoms with Crippen LogP contribution in [0.15, 0.2) is 53.4 Å². The minimum Gasteiger partial charge on any atom is -0.379 e. The van der Waals surface area contributed by atoms with Crippen molar-refractivity contribution in [1.29, 1.82) is 0 Å². The number of carbonyl (C=O) groups is 1. The molecule has 0 aliphatic carbocycles. The van der Waals surface area contributed by atoms with E-state index in [0.717, 1.165) is 5.56 Å². The average molecular weight is 418 g/mol. The molecular weight excluding hydrogens is 395 g/mol. The third-order valence-corrected chi connectivity index (χ3v) is 6.52. The first kappa shape index (κ1) is 21.2. The Morgan fingerprint density at radius 2 is 1.86 bits per heavy atom. The molecule has 6 nitrogen and oxygen atoms in total. The third kappa shape index (κ3) is 5.50. The second-order valence-electron chi connectivity index (χ2n) is 6.72. The molecule has 8 heteroatoms. The molecule has 2 aromatic rings. The van der Waals surface area contributed by atoms with Crippen LogP contribution in [0.25, 0.3) is 6.08 Å². The first-order valence-electron chi connectivity index (χ1n) is 9.25. The summed E-state index contributed by atoms with van der Waals surface area (Å²) in [7, 11) is -3.53. The molecule has 29 heavy (non-hydrogen) atoms. The summed E-state index contributed by atoms with van der Waals surface area (Å²) in [6.45, 7) is 3.44. The molecule has 1 aliphatic heterocycles. The number of aryl methyl sites for hydroxylation is 1. The monoisotopic (exact) mass is 418 g/mol. The Bertz CT molecular complexity index is 998. The van der Waals surface area contributed by atoms with Crippen LogP contribution in [0.2, 0.25) is 0 Å². The number of amides is 1. The zero-order valence-corrected chi connectivity index (χ0v) is 16.9. The fourth-order valence-electron chi connectivity index (χ4n) is 2.92. The minimum atomic E-state index is -3.53. The number of hydrogen-bond donors (Lipinski definition) is 1. The van der Waals surface area contributed by atoms with Gasteiger partial charge < -0.3 is 10.1 Å². The van der Waals surface area contributed by atoms with Gasteiger partial charge in [0.25, 0.3) is 0 Å². The van der Waals surface area contributed by atoms with E-state index in [1.807, 2.05) is 0 Å². The zero-order chi connectivity index (χ0) is 20.9. The lowest BCUT2D eigenvalue weighted by atomic mass is 10.1. The van der Waals surface area contributed by atoms with Crippen molar-refractivity contribution in [3.63, 3.8) is 0 Å². The molecule has 1 N–H and O–H groups in total. The van der Waals surface area contributed by atoms with E-state index in [1.165, 1.54) is 28.6 Å². The Kier molecular flexibility index (Phi) is 6.79. The Labute approximate surface area is 170 Å². The van der Waals surface area contributed by atoms with E-state index in [9.17, 15) is 17.6 Å². The van der Waals surface area contributed by atoms with E-state index in [4.69, 9.17) is 4.74 Å². The van der Waals surface area contributed by atoms with Crippen LogP contribution in [0.4, 0.5) is 4.39 Å². The van der Waals surface area contributed by atoms with Crippen LogP contribution in [0.1, 0.15) is 16.7 Å². The van der Waals surface area contributed by atoms with Gasteiger partial charge in [-0.05, 0) is 47.9 Å². The maximum Gasteiger partial charge on any atom is 0.244 e. The van der Waals surface area contributed by atoms with Crippen molar-refractivity contribution in [3.8, 4) is 0 Å². The molecule has 0 saturated carbocycles. The number of halogens is 1. The molecule has 1 aliphatic rings. The number of benzene rings is 2. The number of sulfonamides is 1. The number of rotatable bonds is 6. The number of nitrogens with one attached hydrogen (secondary N) is 1. The van der Waals surface area contributed by atoms with E-state index in [-0.39, 0.29) is 16.6 Å². The van der Waals surface area contributed by atoms with Gasteiger partial charge in [0, 0.05) is 25.7 Å². The van der Waals surface area contributed by atoms with Crippen LogP contribution in [0.5, 0.6) is 0 Å². The molecule has 0 bridgehead atoms. The van der Waals surface area contributed by atoms with Crippen molar-refractivity contribution in [2.24, 2.45) is 0 Å². The SMILES string of the molecule is Cc1cc(CNC(=O)/C=C/c2ccc(S(=O)(=O)N3CCOCC3)cc2)ccc1F. The van der Waals surface area contributed by atoms with Crippen molar-refractivity contribution in [1.82, 2.24) is 9.62 Å². The molecule has 0 unspecified atom stereocenters. The number of hydrogen-bond acceptors (Lipinski definition) is 4. The first-order valence-corrected chi connectivity index (χ1v) is 10.7. The van der Waals surface area contributed by atoms with E-state index < -0.39 is 10.0 Å². The zero-order valence-electron chi connectivity index (χ0n) is 16.1. The molecule has 1 saturated heterocycles. The van der Waals surface area contributed by atoms with Gasteiger partial charge in [-0.2, -0.15) is 4.31 Å². The van der Waals surface area contributed by atoms with Gasteiger partial charge in [0.05, 0.1) is 18.1 Å². The summed E-state index contributed by atoms with van der Waals surface area (Å²) in [4.78, 5) is 12.2. The smallest absolute Gasteiger partial charge is 0.244 e. The maximum absolute atomic E-state index is 13.3. The summed E-state index contributed by atoms with van der Waals surface area (Å²) in [5, 5.41) is 2.73. The summed E-state index contributed by atoms with van der Waals surface area (Å²) in [5.74, 6) is -0.573. The summed E-state index contributed by atoms with van der Waals surface area (Å²) in [6, 6.07) is 11.1. The van der Waals surface area contributed by atoms with Crippen LogP contribution in [0.3, 0.4) is 0 Å². The summed E-state index contributed by atoms with van der Waals surface area (Å²) in [5.41, 5.74) is 2.04. The quantitative estimate of drug-likeness (QED) is 0.732. The standard InChI is InChI=1S/C21H23FN2O4S/c1-16-14-18(4-8-20(16)22)15-23-21(25)9-5-17-2-6-19(7-3-17)29(26,27)24-10-12-28-13-11-24/h2-9,14H,10-13,15H2,1H3,(H,23,25)/b9-5+. The fraction of sp³-hybridized carbons (Fsp3) is 0.286. The Morgan fingerprint density at radius 1 is 1.17 bits per heavy atom. The molecule has 154 valence electrons. The van der Waals surface area contributed by atoms with Crippen molar-refractivity contribution in [2.45, 2.75) is 18.4 Å². The van der Waals surface area contributed by atoms with Gasteiger partial charge >= 0.3 is 0 Å². The Balaban J connectivity index is 1.57. The summed E-state index contributed by atoms with van der Waals surface area (Å²) in [6.07, 6.45) is 2.98. The lowest BCUT2D eigenvalue weighted by Gasteiger charge is -2.26. The van der Waals surface area contributed by atoms with Crippen LogP contribution in [-0.2, 0) is 26.1 Å². The van der Waals surface area contributed by atoms with Crippen molar-refractivity contribution in [3.05, 3.63) is 71.0 Å². The second kappa shape index (κ2) is 9.30. The normalized spacial score (nSPS) is 15.5. The number of morpholine rings is 1. The predicted molar refractivity (Wildman–Crippen MR) is 108 cm³/mol. The van der Waals surface area contributed by atoms with Crippen molar-refractivity contribution >= 4 is 22.0 Å². The molecular formula is C21H23FN2O4S. The molecule has 1 fully saturated rings. The fourth-order valence-corrected chi connectivity index (χ4v) is 4.33. The largest absolute Gasteiger partial charge is 0.379 e. The van der Waals surface area contributed by atoms with E-state index in [2.05, 4.69) is 5.32 Å². The van der Waals surface area contributed by atoms with Gasteiger partial charge in [-0.1, -0.05) is 24.3 Å². The molecule has 1 heterocycles. The number of carbonyl (C=O) groups excluding carboxylic acids is 1. The van der Waals surface area contributed by atoms with Crippen LogP contribution < -0.4 is 5.32 Å². The van der Waals surface area contributed by atoms with E-state index in [1.54, 1.807) is 37.3 Å². The highest BCUT2D eigenvalue weighted by molar-refractivity contribution is 7.89. The van der Waals surface area contributed by atoms with Crippen molar-refractivity contribution < 1.29 is 22.3 Å². The van der Waals surface area contributed by atoms with Gasteiger partial charge in [0.15, 0.2) is 0 Å². The second-order valence-corrected chi connectivity index (χ2v) is 8.66. The van der Waals surface area contributed by atoms with E-state index >= 15 is 0 Å². The molecule has 0 radical (unpaired) electrons. The average Bonchev–Trinajstić information content (AvgIpc) is 2.74. The number of nitrogens with zero attached hydrogens (tertiary/aromatic N) is 1. The molecule has 0 spiro atoms. The Morgan fingerprint density at radius 3 is 2.52 bits per heavy atom. The third-order valence-electron chi connectivity index (χ3n) is 4.60. The topological polar surface area (TPSA) is 75.7 Å². The minimum absolute atomic E-state index is 0.215. The molecule has 1 amide bonds. The predicted octanol–water partition coefficient (Wildman–Crippen LogP) is 2.48. The molecule has 0 atom stereocenters. The van der Waals surface area contributed by atoms with Crippen molar-refractivity contribution in [2.75, 3.05) is 26.3 Å². The van der Waals surface area contributed by atoms with Crippen LogP contribution in [-0.4, -0.2) is 44.9 Å².